The average Bonchev–Trinajstić information content (AvgIpc) is 2.09. The maximum Gasteiger partial charge on any atom is 0.328 e. The fraction of sp³-hybridized carbons (Fsp3) is 0.556. The Labute approximate surface area is 82.1 Å². The highest BCUT2D eigenvalue weighted by Gasteiger charge is 2.24. The monoisotopic (exact) mass is 199 g/mol. The van der Waals surface area contributed by atoms with E-state index < -0.39 is 24.0 Å². The van der Waals surface area contributed by atoms with Crippen molar-refractivity contribution >= 4 is 11.9 Å². The number of carbonyl (C=O) groups excluding carboxylic acids is 1. The Balaban J connectivity index is 4.12. The topological polar surface area (TPSA) is 86.6 Å². The van der Waals surface area contributed by atoms with Crippen LogP contribution in [0, 0.1) is 12.3 Å². The summed E-state index contributed by atoms with van der Waals surface area (Å²) in [5, 5.41) is 19.8. The molecule has 0 aromatic heterocycles. The molecule has 2 atom stereocenters. The largest absolute Gasteiger partial charge is 0.480 e. The molecule has 5 nitrogen and oxygen atoms in total. The fourth-order valence-electron chi connectivity index (χ4n) is 0.820. The molecule has 0 bridgehead atoms. The Kier molecular flexibility index (Phi) is 5.34. The van der Waals surface area contributed by atoms with Crippen molar-refractivity contribution in [3.63, 3.8) is 0 Å². The van der Waals surface area contributed by atoms with E-state index in [1.54, 1.807) is 0 Å². The zero-order valence-electron chi connectivity index (χ0n) is 7.86. The molecular formula is C9H13NO4. The molecule has 0 fully saturated rings. The van der Waals surface area contributed by atoms with Crippen LogP contribution < -0.4 is 5.32 Å². The molecule has 1 amide bonds. The molecule has 0 rings (SSSR count). The van der Waals surface area contributed by atoms with Crippen molar-refractivity contribution in [1.82, 2.24) is 5.32 Å². The smallest absolute Gasteiger partial charge is 0.328 e. The molecule has 0 spiro atoms. The maximum atomic E-state index is 11.0. The van der Waals surface area contributed by atoms with Crippen LogP contribution >= 0.6 is 0 Å². The van der Waals surface area contributed by atoms with Gasteiger partial charge in [-0.25, -0.2) is 4.79 Å². The molecule has 0 radical (unpaired) electrons. The Morgan fingerprint density at radius 3 is 2.50 bits per heavy atom. The lowest BCUT2D eigenvalue weighted by Gasteiger charge is -2.16. The van der Waals surface area contributed by atoms with Gasteiger partial charge >= 0.3 is 5.97 Å². The van der Waals surface area contributed by atoms with Gasteiger partial charge in [0.15, 0.2) is 6.04 Å². The summed E-state index contributed by atoms with van der Waals surface area (Å²) < 4.78 is 0. The predicted octanol–water partition coefficient (Wildman–Crippen LogP) is -0.650. The van der Waals surface area contributed by atoms with Crippen LogP contribution in [0.3, 0.4) is 0 Å². The molecule has 2 unspecified atom stereocenters. The van der Waals surface area contributed by atoms with Crippen LogP contribution in [0.4, 0.5) is 0 Å². The first-order valence-corrected chi connectivity index (χ1v) is 4.12. The number of terminal acetylenes is 1. The molecule has 3 N–H and O–H groups in total. The van der Waals surface area contributed by atoms with Crippen molar-refractivity contribution in [3.8, 4) is 12.3 Å². The summed E-state index contributed by atoms with van der Waals surface area (Å²) in [4.78, 5) is 21.6. The predicted molar refractivity (Wildman–Crippen MR) is 49.3 cm³/mol. The van der Waals surface area contributed by atoms with Gasteiger partial charge in [-0.15, -0.1) is 12.3 Å². The van der Waals surface area contributed by atoms with E-state index in [1.807, 2.05) is 0 Å². The van der Waals surface area contributed by atoms with Gasteiger partial charge in [0.25, 0.3) is 0 Å². The van der Waals surface area contributed by atoms with Crippen LogP contribution in [0.2, 0.25) is 0 Å². The van der Waals surface area contributed by atoms with E-state index in [9.17, 15) is 9.59 Å². The minimum Gasteiger partial charge on any atom is -0.480 e. The van der Waals surface area contributed by atoms with Crippen LogP contribution in [0.25, 0.3) is 0 Å². The van der Waals surface area contributed by atoms with E-state index in [4.69, 9.17) is 16.6 Å². The summed E-state index contributed by atoms with van der Waals surface area (Å²) in [7, 11) is 0. The zero-order chi connectivity index (χ0) is 11.1. The van der Waals surface area contributed by atoms with Gasteiger partial charge in [-0.05, 0) is 6.92 Å². The van der Waals surface area contributed by atoms with Crippen LogP contribution in [0.15, 0.2) is 0 Å². The number of hydrogen-bond acceptors (Lipinski definition) is 3. The molecule has 14 heavy (non-hydrogen) atoms. The van der Waals surface area contributed by atoms with Gasteiger partial charge in [0, 0.05) is 12.8 Å². The van der Waals surface area contributed by atoms with Crippen molar-refractivity contribution in [3.05, 3.63) is 0 Å². The Morgan fingerprint density at radius 1 is 1.57 bits per heavy atom. The fourth-order valence-corrected chi connectivity index (χ4v) is 0.820. The van der Waals surface area contributed by atoms with E-state index in [2.05, 4.69) is 11.2 Å². The van der Waals surface area contributed by atoms with Gasteiger partial charge in [-0.2, -0.15) is 0 Å². The van der Waals surface area contributed by atoms with E-state index in [1.165, 1.54) is 6.92 Å². The third-order valence-electron chi connectivity index (χ3n) is 1.56. The number of aliphatic hydroxyl groups excluding tert-OH is 1. The zero-order valence-corrected chi connectivity index (χ0v) is 7.86. The lowest BCUT2D eigenvalue weighted by Crippen LogP contribution is -2.47. The first-order chi connectivity index (χ1) is 6.49. The SMILES string of the molecule is C#CCCC(=O)NC(C(=O)O)C(C)O. The van der Waals surface area contributed by atoms with E-state index in [-0.39, 0.29) is 12.8 Å². The third-order valence-corrected chi connectivity index (χ3v) is 1.56. The number of aliphatic hydroxyl groups is 1. The second kappa shape index (κ2) is 6.00. The summed E-state index contributed by atoms with van der Waals surface area (Å²) in [6, 6.07) is -1.28. The molecular weight excluding hydrogens is 186 g/mol. The van der Waals surface area contributed by atoms with Crippen LogP contribution in [0.1, 0.15) is 19.8 Å². The number of aliphatic carboxylic acids is 1. The van der Waals surface area contributed by atoms with Crippen molar-refractivity contribution in [1.29, 1.82) is 0 Å². The minimum absolute atomic E-state index is 0.0625. The first-order valence-electron chi connectivity index (χ1n) is 4.12. The molecule has 0 heterocycles. The van der Waals surface area contributed by atoms with Crippen molar-refractivity contribution in [2.45, 2.75) is 31.9 Å². The van der Waals surface area contributed by atoms with E-state index in [0.29, 0.717) is 0 Å². The van der Waals surface area contributed by atoms with Gasteiger partial charge in [0.05, 0.1) is 6.10 Å². The molecule has 0 saturated carbocycles. The summed E-state index contributed by atoms with van der Waals surface area (Å²) in [6.07, 6.45) is 4.11. The lowest BCUT2D eigenvalue weighted by molar-refractivity contribution is -0.144. The summed E-state index contributed by atoms with van der Waals surface area (Å²) >= 11 is 0. The summed E-state index contributed by atoms with van der Waals surface area (Å²) in [5.41, 5.74) is 0. The second-order valence-electron chi connectivity index (χ2n) is 2.83. The Hall–Kier alpha value is -1.54. The number of hydrogen-bond donors (Lipinski definition) is 3. The minimum atomic E-state index is -1.28. The van der Waals surface area contributed by atoms with E-state index in [0.717, 1.165) is 0 Å². The normalized spacial score (nSPS) is 13.8. The first kappa shape index (κ1) is 12.5. The molecule has 0 aliphatic rings. The number of carboxylic acids is 1. The molecule has 0 aliphatic carbocycles. The quantitative estimate of drug-likeness (QED) is 0.513. The molecule has 78 valence electrons. The highest BCUT2D eigenvalue weighted by molar-refractivity contribution is 5.84. The van der Waals surface area contributed by atoms with Gasteiger partial charge in [-0.3, -0.25) is 4.79 Å². The van der Waals surface area contributed by atoms with Gasteiger partial charge < -0.3 is 15.5 Å². The second-order valence-corrected chi connectivity index (χ2v) is 2.83. The number of nitrogens with one attached hydrogen (secondary N) is 1. The molecule has 5 heteroatoms. The average molecular weight is 199 g/mol. The third kappa shape index (κ3) is 4.48. The van der Waals surface area contributed by atoms with Crippen LogP contribution in [-0.4, -0.2) is 34.2 Å². The van der Waals surface area contributed by atoms with Crippen molar-refractivity contribution < 1.29 is 19.8 Å². The van der Waals surface area contributed by atoms with E-state index >= 15 is 0 Å². The molecule has 0 saturated heterocycles. The van der Waals surface area contributed by atoms with Crippen LogP contribution in [0.5, 0.6) is 0 Å². The van der Waals surface area contributed by atoms with Gasteiger partial charge in [-0.1, -0.05) is 0 Å². The lowest BCUT2D eigenvalue weighted by atomic mass is 10.1. The number of amides is 1. The Morgan fingerprint density at radius 2 is 2.14 bits per heavy atom. The highest BCUT2D eigenvalue weighted by atomic mass is 16.4. The maximum absolute atomic E-state index is 11.0. The van der Waals surface area contributed by atoms with Crippen molar-refractivity contribution in [2.24, 2.45) is 0 Å². The highest BCUT2D eigenvalue weighted by Crippen LogP contribution is 1.95. The molecule has 0 aromatic carbocycles. The van der Waals surface area contributed by atoms with Gasteiger partial charge in [0.1, 0.15) is 0 Å². The Bertz CT molecular complexity index is 254. The van der Waals surface area contributed by atoms with Crippen LogP contribution in [-0.2, 0) is 9.59 Å². The number of carbonyl (C=O) groups is 2. The molecule has 0 aromatic rings. The standard InChI is InChI=1S/C9H13NO4/c1-3-4-5-7(12)10-8(6(2)11)9(13)14/h1,6,8,11H,4-5H2,2H3,(H,10,12)(H,13,14). The van der Waals surface area contributed by atoms with Gasteiger partial charge in [0.2, 0.25) is 5.91 Å². The number of rotatable bonds is 5. The summed E-state index contributed by atoms with van der Waals surface area (Å²) in [6.45, 7) is 1.29. The van der Waals surface area contributed by atoms with Crippen molar-refractivity contribution in [2.75, 3.05) is 0 Å². The molecule has 0 aliphatic heterocycles. The summed E-state index contributed by atoms with van der Waals surface area (Å²) in [5.74, 6) is 0.514. The number of carboxylic acid groups (broad SMARTS) is 1.